The van der Waals surface area contributed by atoms with Crippen molar-refractivity contribution in [3.05, 3.63) is 53.6 Å². The maximum Gasteiger partial charge on any atom is 0.223 e. The number of aromatic nitrogens is 2. The number of H-pyrrole nitrogens is 1. The van der Waals surface area contributed by atoms with Crippen LogP contribution >= 0.6 is 0 Å². The SMILES string of the molecule is Cc1[nH]cnc1CNC(=O)CC1(O)CCCN(Cc2ccccc2)C1. The Bertz CT molecular complexity index is 700. The first-order valence-corrected chi connectivity index (χ1v) is 8.78. The molecule has 6 heteroatoms. The average Bonchev–Trinajstić information content (AvgIpc) is 2.99. The molecule has 1 aliphatic rings. The fourth-order valence-electron chi connectivity index (χ4n) is 3.44. The monoisotopic (exact) mass is 342 g/mol. The quantitative estimate of drug-likeness (QED) is 0.747. The zero-order chi connectivity index (χ0) is 17.7. The maximum atomic E-state index is 12.3. The van der Waals surface area contributed by atoms with Crippen LogP contribution in [0.25, 0.3) is 0 Å². The summed E-state index contributed by atoms with van der Waals surface area (Å²) >= 11 is 0. The van der Waals surface area contributed by atoms with Crippen LogP contribution < -0.4 is 5.32 Å². The molecule has 3 rings (SSSR count). The lowest BCUT2D eigenvalue weighted by Crippen LogP contribution is -2.50. The summed E-state index contributed by atoms with van der Waals surface area (Å²) < 4.78 is 0. The zero-order valence-corrected chi connectivity index (χ0v) is 14.7. The van der Waals surface area contributed by atoms with E-state index in [-0.39, 0.29) is 12.3 Å². The van der Waals surface area contributed by atoms with Crippen molar-refractivity contribution in [3.8, 4) is 0 Å². The molecule has 25 heavy (non-hydrogen) atoms. The summed E-state index contributed by atoms with van der Waals surface area (Å²) in [6.45, 7) is 4.59. The molecule has 1 atom stereocenters. The van der Waals surface area contributed by atoms with Crippen molar-refractivity contribution in [3.63, 3.8) is 0 Å². The Morgan fingerprint density at radius 3 is 2.92 bits per heavy atom. The first-order valence-electron chi connectivity index (χ1n) is 8.78. The number of imidazole rings is 1. The number of piperidine rings is 1. The number of nitrogens with zero attached hydrogens (tertiary/aromatic N) is 2. The third-order valence-corrected chi connectivity index (χ3v) is 4.76. The molecule has 0 aliphatic carbocycles. The molecule has 1 saturated heterocycles. The second kappa shape index (κ2) is 7.80. The Labute approximate surface area is 148 Å². The predicted octanol–water partition coefficient (Wildman–Crippen LogP) is 1.75. The van der Waals surface area contributed by atoms with E-state index in [1.54, 1.807) is 6.33 Å². The summed E-state index contributed by atoms with van der Waals surface area (Å²) in [5.74, 6) is -0.133. The molecule has 6 nitrogen and oxygen atoms in total. The summed E-state index contributed by atoms with van der Waals surface area (Å²) in [4.78, 5) is 21.6. The van der Waals surface area contributed by atoms with E-state index in [0.29, 0.717) is 19.5 Å². The van der Waals surface area contributed by atoms with Crippen LogP contribution in [0.15, 0.2) is 36.7 Å². The van der Waals surface area contributed by atoms with Crippen molar-refractivity contribution in [1.29, 1.82) is 0 Å². The molecule has 0 bridgehead atoms. The molecule has 1 unspecified atom stereocenters. The highest BCUT2D eigenvalue weighted by molar-refractivity contribution is 5.77. The summed E-state index contributed by atoms with van der Waals surface area (Å²) in [6, 6.07) is 10.2. The van der Waals surface area contributed by atoms with Crippen molar-refractivity contribution in [2.75, 3.05) is 13.1 Å². The molecule has 2 heterocycles. The Morgan fingerprint density at radius 1 is 1.40 bits per heavy atom. The van der Waals surface area contributed by atoms with Crippen LogP contribution in [0.5, 0.6) is 0 Å². The van der Waals surface area contributed by atoms with Gasteiger partial charge in [-0.2, -0.15) is 0 Å². The summed E-state index contributed by atoms with van der Waals surface area (Å²) in [6.07, 6.45) is 3.30. The molecule has 0 radical (unpaired) electrons. The number of nitrogens with one attached hydrogen (secondary N) is 2. The van der Waals surface area contributed by atoms with E-state index in [0.717, 1.165) is 30.9 Å². The van der Waals surface area contributed by atoms with Gasteiger partial charge in [-0.25, -0.2) is 4.98 Å². The number of aromatic amines is 1. The zero-order valence-electron chi connectivity index (χ0n) is 14.7. The molecule has 3 N–H and O–H groups in total. The summed E-state index contributed by atoms with van der Waals surface area (Å²) in [5.41, 5.74) is 2.04. The van der Waals surface area contributed by atoms with Crippen LogP contribution in [-0.2, 0) is 17.9 Å². The number of amides is 1. The first-order chi connectivity index (χ1) is 12.0. The van der Waals surface area contributed by atoms with Crippen LogP contribution in [-0.4, -0.2) is 44.6 Å². The Hall–Kier alpha value is -2.18. The third-order valence-electron chi connectivity index (χ3n) is 4.76. The number of rotatable bonds is 6. The lowest BCUT2D eigenvalue weighted by Gasteiger charge is -2.39. The van der Waals surface area contributed by atoms with Gasteiger partial charge in [0, 0.05) is 18.8 Å². The maximum absolute atomic E-state index is 12.3. The molecule has 0 saturated carbocycles. The van der Waals surface area contributed by atoms with Gasteiger partial charge in [0.2, 0.25) is 5.91 Å². The number of carbonyl (C=O) groups is 1. The fourth-order valence-corrected chi connectivity index (χ4v) is 3.44. The first kappa shape index (κ1) is 17.6. The van der Waals surface area contributed by atoms with Crippen molar-refractivity contribution < 1.29 is 9.90 Å². The Kier molecular flexibility index (Phi) is 5.50. The molecule has 1 aromatic carbocycles. The van der Waals surface area contributed by atoms with Crippen LogP contribution in [0.3, 0.4) is 0 Å². The van der Waals surface area contributed by atoms with Gasteiger partial charge in [-0.1, -0.05) is 30.3 Å². The fraction of sp³-hybridized carbons (Fsp3) is 0.474. The normalized spacial score (nSPS) is 21.2. The summed E-state index contributed by atoms with van der Waals surface area (Å²) in [7, 11) is 0. The number of β-amino-alcohol motifs (C(OH)–C–C–N with tert-alkyl or cyclic N) is 1. The van der Waals surface area contributed by atoms with Crippen LogP contribution in [0.1, 0.15) is 36.2 Å². The highest BCUT2D eigenvalue weighted by Gasteiger charge is 2.35. The number of aryl methyl sites for hydroxylation is 1. The molecule has 1 fully saturated rings. The minimum Gasteiger partial charge on any atom is -0.388 e. The van der Waals surface area contributed by atoms with Crippen molar-refractivity contribution >= 4 is 5.91 Å². The van der Waals surface area contributed by atoms with E-state index in [9.17, 15) is 9.90 Å². The average molecular weight is 342 g/mol. The molecule has 1 amide bonds. The molecule has 1 aliphatic heterocycles. The topological polar surface area (TPSA) is 81.2 Å². The number of hydrogen-bond donors (Lipinski definition) is 3. The Balaban J connectivity index is 1.51. The van der Waals surface area contributed by atoms with Gasteiger partial charge in [-0.05, 0) is 31.9 Å². The van der Waals surface area contributed by atoms with Gasteiger partial charge < -0.3 is 15.4 Å². The standard InChI is InChI=1S/C19H26N4O2/c1-15-17(22-14-21-15)11-20-18(24)10-19(25)8-5-9-23(13-19)12-16-6-3-2-4-7-16/h2-4,6-7,14,25H,5,8-13H2,1H3,(H,20,24)(H,21,22). The number of carbonyl (C=O) groups excluding carboxylic acids is 1. The Morgan fingerprint density at radius 2 is 2.20 bits per heavy atom. The van der Waals surface area contributed by atoms with Crippen molar-refractivity contribution in [1.82, 2.24) is 20.2 Å². The van der Waals surface area contributed by atoms with Gasteiger partial charge in [0.05, 0.1) is 30.6 Å². The van der Waals surface area contributed by atoms with Gasteiger partial charge in [-0.3, -0.25) is 9.69 Å². The number of benzene rings is 1. The lowest BCUT2D eigenvalue weighted by atomic mass is 9.89. The van der Waals surface area contributed by atoms with Gasteiger partial charge >= 0.3 is 0 Å². The van der Waals surface area contributed by atoms with Crippen molar-refractivity contribution in [2.24, 2.45) is 0 Å². The highest BCUT2D eigenvalue weighted by atomic mass is 16.3. The van der Waals surface area contributed by atoms with E-state index in [2.05, 4.69) is 32.3 Å². The van der Waals surface area contributed by atoms with E-state index in [1.807, 2.05) is 25.1 Å². The predicted molar refractivity (Wildman–Crippen MR) is 95.7 cm³/mol. The number of aliphatic hydroxyl groups is 1. The number of likely N-dealkylation sites (tertiary alicyclic amines) is 1. The van der Waals surface area contributed by atoms with Gasteiger partial charge in [-0.15, -0.1) is 0 Å². The molecule has 0 spiro atoms. The van der Waals surface area contributed by atoms with Gasteiger partial charge in [0.1, 0.15) is 0 Å². The smallest absolute Gasteiger partial charge is 0.223 e. The second-order valence-corrected chi connectivity index (χ2v) is 6.95. The highest BCUT2D eigenvalue weighted by Crippen LogP contribution is 2.25. The largest absolute Gasteiger partial charge is 0.388 e. The van der Waals surface area contributed by atoms with Crippen molar-refractivity contribution in [2.45, 2.75) is 44.9 Å². The van der Waals surface area contributed by atoms with Crippen LogP contribution in [0.2, 0.25) is 0 Å². The van der Waals surface area contributed by atoms with Crippen LogP contribution in [0.4, 0.5) is 0 Å². The number of hydrogen-bond acceptors (Lipinski definition) is 4. The third kappa shape index (κ3) is 4.90. The van der Waals surface area contributed by atoms with E-state index < -0.39 is 5.60 Å². The molecular weight excluding hydrogens is 316 g/mol. The minimum absolute atomic E-state index is 0.127. The summed E-state index contributed by atoms with van der Waals surface area (Å²) in [5, 5.41) is 13.7. The molecule has 1 aromatic heterocycles. The molecule has 134 valence electrons. The molecular formula is C19H26N4O2. The van der Waals surface area contributed by atoms with E-state index in [4.69, 9.17) is 0 Å². The second-order valence-electron chi connectivity index (χ2n) is 6.95. The minimum atomic E-state index is -0.961. The lowest BCUT2D eigenvalue weighted by molar-refractivity contribution is -0.129. The van der Waals surface area contributed by atoms with Gasteiger partial charge in [0.25, 0.3) is 0 Å². The van der Waals surface area contributed by atoms with Gasteiger partial charge in [0.15, 0.2) is 0 Å². The van der Waals surface area contributed by atoms with E-state index in [1.165, 1.54) is 5.56 Å². The molecule has 2 aromatic rings. The van der Waals surface area contributed by atoms with E-state index >= 15 is 0 Å². The van der Waals surface area contributed by atoms with Crippen LogP contribution in [0, 0.1) is 6.92 Å².